The van der Waals surface area contributed by atoms with Crippen LogP contribution in [0, 0.1) is 5.82 Å². The Kier molecular flexibility index (Phi) is 4.34. The van der Waals surface area contributed by atoms with Gasteiger partial charge in [-0.15, -0.1) is 0 Å². The third-order valence-corrected chi connectivity index (χ3v) is 3.42. The average molecular weight is 279 g/mol. The normalized spacial score (nSPS) is 15.9. The van der Waals surface area contributed by atoms with Crippen LogP contribution in [0.5, 0.6) is 0 Å². The maximum atomic E-state index is 12.9. The van der Waals surface area contributed by atoms with Gasteiger partial charge in [-0.1, -0.05) is 12.1 Å². The summed E-state index contributed by atoms with van der Waals surface area (Å²) >= 11 is 0. The highest BCUT2D eigenvalue weighted by molar-refractivity contribution is 5.96. The van der Waals surface area contributed by atoms with Crippen molar-refractivity contribution in [1.29, 1.82) is 0 Å². The Morgan fingerprint density at radius 3 is 2.50 bits per heavy atom. The SMILES string of the molecule is C[C@@H](C(=O)NC(N)=O)N(Cc1ccc(F)cc1)C1CC1. The number of hydrogen-bond acceptors (Lipinski definition) is 3. The molecule has 1 saturated carbocycles. The van der Waals surface area contributed by atoms with Gasteiger partial charge < -0.3 is 5.73 Å². The van der Waals surface area contributed by atoms with Gasteiger partial charge in [0, 0.05) is 12.6 Å². The van der Waals surface area contributed by atoms with E-state index < -0.39 is 18.0 Å². The fourth-order valence-corrected chi connectivity index (χ4v) is 2.17. The highest BCUT2D eigenvalue weighted by Gasteiger charge is 2.35. The van der Waals surface area contributed by atoms with Crippen LogP contribution in [-0.4, -0.2) is 28.9 Å². The first-order chi connectivity index (χ1) is 9.47. The van der Waals surface area contributed by atoms with Crippen molar-refractivity contribution >= 4 is 11.9 Å². The van der Waals surface area contributed by atoms with Crippen LogP contribution in [-0.2, 0) is 11.3 Å². The molecule has 1 aromatic carbocycles. The predicted molar refractivity (Wildman–Crippen MR) is 72.2 cm³/mol. The topological polar surface area (TPSA) is 75.4 Å². The van der Waals surface area contributed by atoms with Crippen LogP contribution in [0.1, 0.15) is 25.3 Å². The minimum atomic E-state index is -0.848. The summed E-state index contributed by atoms with van der Waals surface area (Å²) in [4.78, 5) is 24.6. The number of halogens is 1. The molecule has 6 heteroatoms. The molecule has 0 bridgehead atoms. The molecule has 5 nitrogen and oxygen atoms in total. The molecule has 108 valence electrons. The Hall–Kier alpha value is -1.95. The van der Waals surface area contributed by atoms with Crippen LogP contribution in [0.4, 0.5) is 9.18 Å². The summed E-state index contributed by atoms with van der Waals surface area (Å²) in [5.74, 6) is -0.697. The van der Waals surface area contributed by atoms with E-state index >= 15 is 0 Å². The van der Waals surface area contributed by atoms with E-state index in [0.717, 1.165) is 18.4 Å². The van der Waals surface area contributed by atoms with E-state index in [0.29, 0.717) is 12.6 Å². The number of carbonyl (C=O) groups excluding carboxylic acids is 2. The van der Waals surface area contributed by atoms with Crippen molar-refractivity contribution in [2.24, 2.45) is 5.73 Å². The van der Waals surface area contributed by atoms with Crippen LogP contribution in [0.15, 0.2) is 24.3 Å². The van der Waals surface area contributed by atoms with Gasteiger partial charge in [0.2, 0.25) is 5.91 Å². The average Bonchev–Trinajstić information content (AvgIpc) is 3.21. The summed E-state index contributed by atoms with van der Waals surface area (Å²) in [5, 5.41) is 2.10. The summed E-state index contributed by atoms with van der Waals surface area (Å²) < 4.78 is 12.9. The minimum Gasteiger partial charge on any atom is -0.351 e. The second kappa shape index (κ2) is 6.00. The smallest absolute Gasteiger partial charge is 0.318 e. The molecule has 0 heterocycles. The number of amides is 3. The monoisotopic (exact) mass is 279 g/mol. The van der Waals surface area contributed by atoms with Crippen LogP contribution < -0.4 is 11.1 Å². The summed E-state index contributed by atoms with van der Waals surface area (Å²) in [6.45, 7) is 2.28. The van der Waals surface area contributed by atoms with E-state index in [1.54, 1.807) is 19.1 Å². The Bertz CT molecular complexity index is 500. The van der Waals surface area contributed by atoms with Crippen molar-refractivity contribution in [3.8, 4) is 0 Å². The molecule has 20 heavy (non-hydrogen) atoms. The van der Waals surface area contributed by atoms with E-state index in [2.05, 4.69) is 5.32 Å². The number of benzene rings is 1. The zero-order chi connectivity index (χ0) is 14.7. The van der Waals surface area contributed by atoms with Crippen molar-refractivity contribution in [2.45, 2.75) is 38.4 Å². The molecule has 2 rings (SSSR count). The molecule has 3 N–H and O–H groups in total. The molecular weight excluding hydrogens is 261 g/mol. The van der Waals surface area contributed by atoms with Crippen LogP contribution in [0.3, 0.4) is 0 Å². The number of nitrogens with two attached hydrogens (primary N) is 1. The van der Waals surface area contributed by atoms with E-state index in [-0.39, 0.29) is 5.82 Å². The van der Waals surface area contributed by atoms with Crippen LogP contribution in [0.25, 0.3) is 0 Å². The number of primary amides is 1. The van der Waals surface area contributed by atoms with Gasteiger partial charge in [-0.25, -0.2) is 9.18 Å². The highest BCUT2D eigenvalue weighted by atomic mass is 19.1. The summed E-state index contributed by atoms with van der Waals surface area (Å²) in [5.41, 5.74) is 5.89. The highest BCUT2D eigenvalue weighted by Crippen LogP contribution is 2.30. The number of rotatable bonds is 5. The van der Waals surface area contributed by atoms with E-state index in [1.165, 1.54) is 12.1 Å². The molecule has 0 unspecified atom stereocenters. The van der Waals surface area contributed by atoms with Crippen molar-refractivity contribution < 1.29 is 14.0 Å². The predicted octanol–water partition coefficient (Wildman–Crippen LogP) is 1.37. The van der Waals surface area contributed by atoms with Gasteiger partial charge in [-0.2, -0.15) is 0 Å². The number of nitrogens with zero attached hydrogens (tertiary/aromatic N) is 1. The Balaban J connectivity index is 2.05. The van der Waals surface area contributed by atoms with Gasteiger partial charge in [-0.3, -0.25) is 15.0 Å². The third-order valence-electron chi connectivity index (χ3n) is 3.42. The first-order valence-electron chi connectivity index (χ1n) is 6.58. The number of carbonyl (C=O) groups is 2. The number of imide groups is 1. The molecule has 1 fully saturated rings. The lowest BCUT2D eigenvalue weighted by atomic mass is 10.1. The lowest BCUT2D eigenvalue weighted by molar-refractivity contribution is -0.125. The van der Waals surface area contributed by atoms with Gasteiger partial charge in [0.05, 0.1) is 6.04 Å². The quantitative estimate of drug-likeness (QED) is 0.855. The van der Waals surface area contributed by atoms with Gasteiger partial charge in [0.25, 0.3) is 0 Å². The molecule has 3 amide bonds. The maximum absolute atomic E-state index is 12.9. The Morgan fingerprint density at radius 2 is 2.00 bits per heavy atom. The summed E-state index contributed by atoms with van der Waals surface area (Å²) in [6, 6.07) is 5.21. The zero-order valence-corrected chi connectivity index (χ0v) is 11.3. The van der Waals surface area contributed by atoms with Crippen molar-refractivity contribution in [3.63, 3.8) is 0 Å². The molecule has 0 radical (unpaired) electrons. The Morgan fingerprint density at radius 1 is 1.40 bits per heavy atom. The van der Waals surface area contributed by atoms with Gasteiger partial charge in [0.1, 0.15) is 5.82 Å². The largest absolute Gasteiger partial charge is 0.351 e. The zero-order valence-electron chi connectivity index (χ0n) is 11.3. The van der Waals surface area contributed by atoms with Crippen molar-refractivity contribution in [2.75, 3.05) is 0 Å². The molecule has 1 aliphatic carbocycles. The maximum Gasteiger partial charge on any atom is 0.318 e. The molecule has 0 aliphatic heterocycles. The number of nitrogens with one attached hydrogen (secondary N) is 1. The van der Waals surface area contributed by atoms with Crippen molar-refractivity contribution in [1.82, 2.24) is 10.2 Å². The molecular formula is C14H18FN3O2. The van der Waals surface area contributed by atoms with Gasteiger partial charge >= 0.3 is 6.03 Å². The lowest BCUT2D eigenvalue weighted by Crippen LogP contribution is -2.48. The summed E-state index contributed by atoms with van der Waals surface area (Å²) in [6.07, 6.45) is 2.05. The second-order valence-electron chi connectivity index (χ2n) is 5.06. The molecule has 1 aromatic rings. The van der Waals surface area contributed by atoms with Gasteiger partial charge in [0.15, 0.2) is 0 Å². The number of urea groups is 1. The third kappa shape index (κ3) is 3.77. The fraction of sp³-hybridized carbons (Fsp3) is 0.429. The van der Waals surface area contributed by atoms with Crippen LogP contribution >= 0.6 is 0 Å². The molecule has 1 aliphatic rings. The first-order valence-corrected chi connectivity index (χ1v) is 6.58. The second-order valence-corrected chi connectivity index (χ2v) is 5.06. The van der Waals surface area contributed by atoms with E-state index in [1.807, 2.05) is 4.90 Å². The molecule has 0 aromatic heterocycles. The fourth-order valence-electron chi connectivity index (χ4n) is 2.17. The summed E-state index contributed by atoms with van der Waals surface area (Å²) in [7, 11) is 0. The number of hydrogen-bond donors (Lipinski definition) is 2. The van der Waals surface area contributed by atoms with Gasteiger partial charge in [-0.05, 0) is 37.5 Å². The first kappa shape index (κ1) is 14.5. The Labute approximate surface area is 116 Å². The van der Waals surface area contributed by atoms with E-state index in [9.17, 15) is 14.0 Å². The molecule has 0 spiro atoms. The van der Waals surface area contributed by atoms with Crippen LogP contribution in [0.2, 0.25) is 0 Å². The van der Waals surface area contributed by atoms with Crippen molar-refractivity contribution in [3.05, 3.63) is 35.6 Å². The molecule has 1 atom stereocenters. The minimum absolute atomic E-state index is 0.286. The standard InChI is InChI=1S/C14H18FN3O2/c1-9(13(19)17-14(16)20)18(12-6-7-12)8-10-2-4-11(15)5-3-10/h2-5,9,12H,6-8H2,1H3,(H3,16,17,19,20)/t9-/m0/s1. The van der Waals surface area contributed by atoms with E-state index in [4.69, 9.17) is 5.73 Å². The molecule has 0 saturated heterocycles. The lowest BCUT2D eigenvalue weighted by Gasteiger charge is -2.27.